The lowest BCUT2D eigenvalue weighted by molar-refractivity contribution is 0.170. The molecule has 1 atom stereocenters. The average Bonchev–Trinajstić information content (AvgIpc) is 3.43. The van der Waals surface area contributed by atoms with Gasteiger partial charge in [0.05, 0.1) is 19.2 Å². The fraction of sp³-hybridized carbons (Fsp3) is 0.364. The van der Waals surface area contributed by atoms with Crippen molar-refractivity contribution in [3.05, 3.63) is 53.9 Å². The second kappa shape index (κ2) is 7.75. The summed E-state index contributed by atoms with van der Waals surface area (Å²) in [7, 11) is 1.64. The highest BCUT2D eigenvalue weighted by atomic mass is 16.6. The Morgan fingerprint density at radius 1 is 1.10 bits per heavy atom. The topological polar surface area (TPSA) is 69.9 Å². The first-order valence-electron chi connectivity index (χ1n) is 9.91. The first-order valence-corrected chi connectivity index (χ1v) is 9.91. The van der Waals surface area contributed by atoms with Crippen LogP contribution in [0.1, 0.15) is 30.3 Å². The molecule has 5 rings (SSSR count). The molecule has 2 aliphatic rings. The van der Waals surface area contributed by atoms with Crippen LogP contribution in [0.5, 0.6) is 17.2 Å². The Morgan fingerprint density at radius 2 is 1.97 bits per heavy atom. The van der Waals surface area contributed by atoms with Crippen LogP contribution in [0.2, 0.25) is 0 Å². The van der Waals surface area contributed by atoms with E-state index in [1.165, 1.54) is 5.56 Å². The molecule has 0 radical (unpaired) electrons. The average molecular weight is 393 g/mol. The number of likely N-dealkylation sites (tertiary alicyclic amines) is 1. The van der Waals surface area contributed by atoms with E-state index in [0.717, 1.165) is 42.2 Å². The Bertz CT molecular complexity index is 1000. The zero-order valence-corrected chi connectivity index (χ0v) is 16.3. The van der Waals surface area contributed by atoms with Gasteiger partial charge in [-0.25, -0.2) is 0 Å². The standard InChI is InChI=1S/C22H23N3O4/c1-26-18-7-3-2-5-16(18)22-23-21(29-24-22)14-25-10-4-6-17(25)15-8-9-19-20(13-15)28-12-11-27-19/h2-3,5,7-9,13,17H,4,6,10-12,14H2,1H3/t17-/m0/s1. The van der Waals surface area contributed by atoms with Crippen molar-refractivity contribution in [3.63, 3.8) is 0 Å². The lowest BCUT2D eigenvalue weighted by atomic mass is 10.0. The molecule has 0 bridgehead atoms. The molecule has 1 aromatic heterocycles. The van der Waals surface area contributed by atoms with Crippen LogP contribution in [0.15, 0.2) is 47.0 Å². The second-order valence-corrected chi connectivity index (χ2v) is 7.24. The van der Waals surface area contributed by atoms with Crippen molar-refractivity contribution in [3.8, 4) is 28.6 Å². The van der Waals surface area contributed by atoms with Crippen LogP contribution in [0, 0.1) is 0 Å². The Balaban J connectivity index is 1.35. The minimum atomic E-state index is 0.299. The minimum absolute atomic E-state index is 0.299. The molecule has 2 aliphatic heterocycles. The van der Waals surface area contributed by atoms with Crippen LogP contribution in [0.4, 0.5) is 0 Å². The van der Waals surface area contributed by atoms with Gasteiger partial charge in [-0.3, -0.25) is 4.90 Å². The van der Waals surface area contributed by atoms with Crippen molar-refractivity contribution in [1.29, 1.82) is 0 Å². The molecule has 0 unspecified atom stereocenters. The van der Waals surface area contributed by atoms with E-state index in [4.69, 9.17) is 18.7 Å². The molecule has 0 aliphatic carbocycles. The molecule has 7 heteroatoms. The molecule has 7 nitrogen and oxygen atoms in total. The number of nitrogens with zero attached hydrogens (tertiary/aromatic N) is 3. The van der Waals surface area contributed by atoms with Gasteiger partial charge < -0.3 is 18.7 Å². The van der Waals surface area contributed by atoms with Gasteiger partial charge in [0, 0.05) is 6.04 Å². The largest absolute Gasteiger partial charge is 0.496 e. The van der Waals surface area contributed by atoms with E-state index in [1.54, 1.807) is 7.11 Å². The van der Waals surface area contributed by atoms with Crippen molar-refractivity contribution in [2.45, 2.75) is 25.4 Å². The molecule has 0 saturated carbocycles. The fourth-order valence-corrected chi connectivity index (χ4v) is 4.09. The van der Waals surface area contributed by atoms with Crippen LogP contribution >= 0.6 is 0 Å². The third-order valence-corrected chi connectivity index (χ3v) is 5.47. The highest BCUT2D eigenvalue weighted by Crippen LogP contribution is 2.38. The molecular formula is C22H23N3O4. The molecular weight excluding hydrogens is 370 g/mol. The number of methoxy groups -OCH3 is 1. The van der Waals surface area contributed by atoms with E-state index in [2.05, 4.69) is 27.2 Å². The summed E-state index contributed by atoms with van der Waals surface area (Å²) in [5.74, 6) is 3.54. The normalized spacial score (nSPS) is 18.7. The third-order valence-electron chi connectivity index (χ3n) is 5.47. The molecule has 29 heavy (non-hydrogen) atoms. The van der Waals surface area contributed by atoms with Gasteiger partial charge in [-0.2, -0.15) is 4.98 Å². The molecule has 3 heterocycles. The van der Waals surface area contributed by atoms with Crippen molar-refractivity contribution in [1.82, 2.24) is 15.0 Å². The van der Waals surface area contributed by atoms with Gasteiger partial charge in [0.25, 0.3) is 0 Å². The molecule has 0 amide bonds. The van der Waals surface area contributed by atoms with Gasteiger partial charge in [0.2, 0.25) is 11.7 Å². The van der Waals surface area contributed by atoms with E-state index in [0.29, 0.717) is 37.5 Å². The predicted octanol–water partition coefficient (Wildman–Crippen LogP) is 3.85. The summed E-state index contributed by atoms with van der Waals surface area (Å²) in [5.41, 5.74) is 2.06. The van der Waals surface area contributed by atoms with Crippen LogP contribution in [0.25, 0.3) is 11.4 Å². The summed E-state index contributed by atoms with van der Waals surface area (Å²) in [6.45, 7) is 2.80. The number of fused-ring (bicyclic) bond motifs is 1. The van der Waals surface area contributed by atoms with Crippen molar-refractivity contribution < 1.29 is 18.7 Å². The molecule has 150 valence electrons. The van der Waals surface area contributed by atoms with E-state index >= 15 is 0 Å². The zero-order valence-electron chi connectivity index (χ0n) is 16.3. The van der Waals surface area contributed by atoms with Crippen molar-refractivity contribution in [2.24, 2.45) is 0 Å². The van der Waals surface area contributed by atoms with Crippen molar-refractivity contribution >= 4 is 0 Å². The Hall–Kier alpha value is -3.06. The number of benzene rings is 2. The summed E-state index contributed by atoms with van der Waals surface area (Å²) < 4.78 is 22.4. The lowest BCUT2D eigenvalue weighted by Gasteiger charge is -2.25. The lowest BCUT2D eigenvalue weighted by Crippen LogP contribution is -2.23. The number of ether oxygens (including phenoxy) is 3. The Kier molecular flexibility index (Phi) is 4.81. The maximum absolute atomic E-state index is 5.76. The third kappa shape index (κ3) is 3.53. The van der Waals surface area contributed by atoms with E-state index in [-0.39, 0.29) is 0 Å². The maximum atomic E-state index is 5.76. The van der Waals surface area contributed by atoms with E-state index in [1.807, 2.05) is 30.3 Å². The van der Waals surface area contributed by atoms with Gasteiger partial charge in [-0.15, -0.1) is 0 Å². The minimum Gasteiger partial charge on any atom is -0.496 e. The SMILES string of the molecule is COc1ccccc1-c1noc(CN2CCC[C@H]2c2ccc3c(c2)OCCO3)n1. The Morgan fingerprint density at radius 3 is 2.86 bits per heavy atom. The summed E-state index contributed by atoms with van der Waals surface area (Å²) in [5, 5.41) is 4.16. The quantitative estimate of drug-likeness (QED) is 0.652. The zero-order chi connectivity index (χ0) is 19.6. The Labute approximate surface area is 169 Å². The number of para-hydroxylation sites is 1. The molecule has 1 saturated heterocycles. The molecule has 2 aromatic carbocycles. The highest BCUT2D eigenvalue weighted by molar-refractivity contribution is 5.63. The predicted molar refractivity (Wildman–Crippen MR) is 106 cm³/mol. The van der Waals surface area contributed by atoms with Crippen molar-refractivity contribution in [2.75, 3.05) is 26.9 Å². The number of rotatable bonds is 5. The van der Waals surface area contributed by atoms with Crippen LogP contribution in [0.3, 0.4) is 0 Å². The van der Waals surface area contributed by atoms with Gasteiger partial charge in [-0.1, -0.05) is 23.4 Å². The first kappa shape index (κ1) is 18.0. The number of hydrogen-bond acceptors (Lipinski definition) is 7. The highest BCUT2D eigenvalue weighted by Gasteiger charge is 2.29. The van der Waals surface area contributed by atoms with Gasteiger partial charge >= 0.3 is 0 Å². The number of aromatic nitrogens is 2. The van der Waals surface area contributed by atoms with Gasteiger partial charge in [0.1, 0.15) is 19.0 Å². The van der Waals surface area contributed by atoms with Gasteiger partial charge in [-0.05, 0) is 49.2 Å². The van der Waals surface area contributed by atoms with E-state index < -0.39 is 0 Å². The molecule has 0 spiro atoms. The number of hydrogen-bond donors (Lipinski definition) is 0. The fourth-order valence-electron chi connectivity index (χ4n) is 4.09. The summed E-state index contributed by atoms with van der Waals surface area (Å²) in [6, 6.07) is 14.2. The monoisotopic (exact) mass is 393 g/mol. The second-order valence-electron chi connectivity index (χ2n) is 7.24. The van der Waals surface area contributed by atoms with E-state index in [9.17, 15) is 0 Å². The summed E-state index contributed by atoms with van der Waals surface area (Å²) in [6.07, 6.45) is 2.22. The first-order chi connectivity index (χ1) is 14.3. The van der Waals surface area contributed by atoms with Crippen LogP contribution < -0.4 is 14.2 Å². The summed E-state index contributed by atoms with van der Waals surface area (Å²) in [4.78, 5) is 6.99. The molecule has 0 N–H and O–H groups in total. The van der Waals surface area contributed by atoms with Crippen LogP contribution in [-0.2, 0) is 6.54 Å². The van der Waals surface area contributed by atoms with Gasteiger partial charge in [0.15, 0.2) is 11.5 Å². The smallest absolute Gasteiger partial charge is 0.241 e. The molecule has 3 aromatic rings. The molecule has 1 fully saturated rings. The maximum Gasteiger partial charge on any atom is 0.241 e. The van der Waals surface area contributed by atoms with Crippen LogP contribution in [-0.4, -0.2) is 41.9 Å². The summed E-state index contributed by atoms with van der Waals surface area (Å²) >= 11 is 0.